The zero-order valence-electron chi connectivity index (χ0n) is 10.8. The predicted octanol–water partition coefficient (Wildman–Crippen LogP) is 2.58. The molecule has 110 valence electrons. The molecule has 0 atom stereocenters. The van der Waals surface area contributed by atoms with Crippen LogP contribution in [-0.4, -0.2) is 25.4 Å². The van der Waals surface area contributed by atoms with E-state index < -0.39 is 20.6 Å². The molecule has 7 nitrogen and oxygen atoms in total. The molecule has 0 fully saturated rings. The van der Waals surface area contributed by atoms with Gasteiger partial charge in [-0.25, -0.2) is 8.42 Å². The second kappa shape index (κ2) is 5.78. The Kier molecular flexibility index (Phi) is 4.24. The van der Waals surface area contributed by atoms with E-state index in [0.29, 0.717) is 10.2 Å². The van der Waals surface area contributed by atoms with Gasteiger partial charge in [0.1, 0.15) is 0 Å². The maximum absolute atomic E-state index is 12.6. The van der Waals surface area contributed by atoms with Gasteiger partial charge in [-0.2, -0.15) is 0 Å². The van der Waals surface area contributed by atoms with E-state index in [0.717, 1.165) is 10.4 Å². The van der Waals surface area contributed by atoms with Gasteiger partial charge in [-0.3, -0.25) is 19.4 Å². The smallest absolute Gasteiger partial charge is 0.269 e. The summed E-state index contributed by atoms with van der Waals surface area (Å²) < 4.78 is 26.6. The molecule has 0 bridgehead atoms. The largest absolute Gasteiger partial charge is 0.289 e. The second-order valence-corrected chi connectivity index (χ2v) is 6.90. The third-order valence-corrected chi connectivity index (χ3v) is 5.09. The van der Waals surface area contributed by atoms with Crippen molar-refractivity contribution in [3.63, 3.8) is 0 Å². The van der Waals surface area contributed by atoms with E-state index in [2.05, 4.69) is 20.9 Å². The van der Waals surface area contributed by atoms with Crippen molar-refractivity contribution in [1.29, 1.82) is 0 Å². The van der Waals surface area contributed by atoms with E-state index in [1.165, 1.54) is 43.7 Å². The van der Waals surface area contributed by atoms with Gasteiger partial charge >= 0.3 is 0 Å². The summed E-state index contributed by atoms with van der Waals surface area (Å²) in [5, 5.41) is 11.0. The van der Waals surface area contributed by atoms with Crippen molar-refractivity contribution in [3.05, 3.63) is 57.3 Å². The quantitative estimate of drug-likeness (QED) is 0.608. The lowest BCUT2D eigenvalue weighted by atomic mass is 10.3. The van der Waals surface area contributed by atoms with Crippen LogP contribution in [-0.2, 0) is 10.0 Å². The minimum atomic E-state index is -4.06. The highest BCUT2D eigenvalue weighted by molar-refractivity contribution is 9.10. The van der Waals surface area contributed by atoms with Crippen LogP contribution in [0, 0.1) is 10.1 Å². The van der Waals surface area contributed by atoms with Crippen molar-refractivity contribution in [2.24, 2.45) is 0 Å². The van der Waals surface area contributed by atoms with Crippen LogP contribution >= 0.6 is 15.9 Å². The van der Waals surface area contributed by atoms with Crippen LogP contribution in [0.25, 0.3) is 0 Å². The molecule has 2 aromatic rings. The van der Waals surface area contributed by atoms with E-state index in [4.69, 9.17) is 0 Å². The molecule has 0 aliphatic carbocycles. The van der Waals surface area contributed by atoms with Gasteiger partial charge < -0.3 is 0 Å². The standard InChI is InChI=1S/C12H10BrN3O4S/c1-15(10-4-6-14-7-5-10)21(19,20)12-8-9(13)2-3-11(12)16(17)18/h2-8H,1H3. The Morgan fingerprint density at radius 1 is 1.24 bits per heavy atom. The highest BCUT2D eigenvalue weighted by Crippen LogP contribution is 2.31. The fraction of sp³-hybridized carbons (Fsp3) is 0.0833. The van der Waals surface area contributed by atoms with E-state index in [1.807, 2.05) is 0 Å². The molecule has 0 aliphatic heterocycles. The van der Waals surface area contributed by atoms with Crippen LogP contribution in [0.3, 0.4) is 0 Å². The number of anilines is 1. The molecule has 0 radical (unpaired) electrons. The van der Waals surface area contributed by atoms with Gasteiger partial charge in [0, 0.05) is 30.0 Å². The number of rotatable bonds is 4. The molecular formula is C12H10BrN3O4S. The van der Waals surface area contributed by atoms with E-state index in [-0.39, 0.29) is 4.90 Å². The fourth-order valence-electron chi connectivity index (χ4n) is 1.69. The third-order valence-electron chi connectivity index (χ3n) is 2.78. The highest BCUT2D eigenvalue weighted by Gasteiger charge is 2.30. The van der Waals surface area contributed by atoms with Crippen molar-refractivity contribution in [3.8, 4) is 0 Å². The van der Waals surface area contributed by atoms with Crippen molar-refractivity contribution in [2.45, 2.75) is 4.90 Å². The maximum atomic E-state index is 12.6. The van der Waals surface area contributed by atoms with Crippen molar-refractivity contribution in [1.82, 2.24) is 4.98 Å². The number of hydrogen-bond donors (Lipinski definition) is 0. The van der Waals surface area contributed by atoms with Crippen molar-refractivity contribution < 1.29 is 13.3 Å². The summed E-state index contributed by atoms with van der Waals surface area (Å²) in [6.45, 7) is 0. The Morgan fingerprint density at radius 3 is 2.43 bits per heavy atom. The minimum absolute atomic E-state index is 0.360. The van der Waals surface area contributed by atoms with E-state index in [9.17, 15) is 18.5 Å². The lowest BCUT2D eigenvalue weighted by Crippen LogP contribution is -2.27. The highest BCUT2D eigenvalue weighted by atomic mass is 79.9. The molecular weight excluding hydrogens is 362 g/mol. The Bertz CT molecular complexity index is 780. The predicted molar refractivity (Wildman–Crippen MR) is 80.6 cm³/mol. The number of halogens is 1. The number of benzene rings is 1. The first kappa shape index (κ1) is 15.4. The normalized spacial score (nSPS) is 11.1. The van der Waals surface area contributed by atoms with Gasteiger partial charge in [0.05, 0.1) is 10.6 Å². The van der Waals surface area contributed by atoms with Crippen LogP contribution in [0.1, 0.15) is 0 Å². The molecule has 0 unspecified atom stereocenters. The number of nitrogens with zero attached hydrogens (tertiary/aromatic N) is 3. The average molecular weight is 372 g/mol. The number of hydrogen-bond acceptors (Lipinski definition) is 5. The van der Waals surface area contributed by atoms with Gasteiger partial charge in [0.15, 0.2) is 4.90 Å². The molecule has 0 aliphatic rings. The molecule has 1 aromatic heterocycles. The summed E-state index contributed by atoms with van der Waals surface area (Å²) >= 11 is 3.13. The number of pyridine rings is 1. The van der Waals surface area contributed by atoms with E-state index in [1.54, 1.807) is 0 Å². The molecule has 0 saturated heterocycles. The Morgan fingerprint density at radius 2 is 1.86 bits per heavy atom. The van der Waals surface area contributed by atoms with Crippen LogP contribution in [0.5, 0.6) is 0 Å². The molecule has 0 spiro atoms. The number of sulfonamides is 1. The summed E-state index contributed by atoms with van der Waals surface area (Å²) in [7, 11) is -2.73. The van der Waals surface area contributed by atoms with Gasteiger partial charge in [0.2, 0.25) is 0 Å². The Hall–Kier alpha value is -2.00. The lowest BCUT2D eigenvalue weighted by molar-refractivity contribution is -0.387. The summed E-state index contributed by atoms with van der Waals surface area (Å²) in [5.74, 6) is 0. The molecule has 0 saturated carbocycles. The average Bonchev–Trinajstić information content (AvgIpc) is 2.47. The van der Waals surface area contributed by atoms with Crippen molar-refractivity contribution >= 4 is 37.3 Å². The fourth-order valence-corrected chi connectivity index (χ4v) is 3.58. The van der Waals surface area contributed by atoms with Crippen LogP contribution in [0.4, 0.5) is 11.4 Å². The molecule has 0 amide bonds. The first-order valence-corrected chi connectivity index (χ1v) is 7.90. The van der Waals surface area contributed by atoms with Crippen LogP contribution in [0.15, 0.2) is 52.1 Å². The topological polar surface area (TPSA) is 93.4 Å². The number of aromatic nitrogens is 1. The Balaban J connectivity index is 2.59. The monoisotopic (exact) mass is 371 g/mol. The minimum Gasteiger partial charge on any atom is -0.269 e. The van der Waals surface area contributed by atoms with Gasteiger partial charge in [-0.05, 0) is 24.3 Å². The molecule has 21 heavy (non-hydrogen) atoms. The Labute approximate surface area is 129 Å². The van der Waals surface area contributed by atoms with Crippen molar-refractivity contribution in [2.75, 3.05) is 11.4 Å². The summed E-state index contributed by atoms with van der Waals surface area (Å²) in [6.07, 6.45) is 2.88. The molecule has 2 rings (SSSR count). The first-order chi connectivity index (χ1) is 9.84. The van der Waals surface area contributed by atoms with E-state index >= 15 is 0 Å². The summed E-state index contributed by atoms with van der Waals surface area (Å²) in [4.78, 5) is 13.7. The second-order valence-electron chi connectivity index (χ2n) is 4.05. The molecule has 1 heterocycles. The molecule has 9 heteroatoms. The molecule has 1 aromatic carbocycles. The number of nitro benzene ring substituents is 1. The summed E-state index contributed by atoms with van der Waals surface area (Å²) in [5.41, 5.74) is -0.113. The van der Waals surface area contributed by atoms with Gasteiger partial charge in [-0.1, -0.05) is 15.9 Å². The molecule has 0 N–H and O–H groups in total. The lowest BCUT2D eigenvalue weighted by Gasteiger charge is -2.19. The summed E-state index contributed by atoms with van der Waals surface area (Å²) in [6, 6.07) is 6.79. The zero-order valence-corrected chi connectivity index (χ0v) is 13.2. The SMILES string of the molecule is CN(c1ccncc1)S(=O)(=O)c1cc(Br)ccc1[N+](=O)[O-]. The maximum Gasteiger partial charge on any atom is 0.289 e. The van der Waals surface area contributed by atoms with Crippen LogP contribution in [0.2, 0.25) is 0 Å². The number of nitro groups is 1. The zero-order chi connectivity index (χ0) is 15.6. The van der Waals surface area contributed by atoms with Gasteiger partial charge in [-0.15, -0.1) is 0 Å². The van der Waals surface area contributed by atoms with Gasteiger partial charge in [0.25, 0.3) is 15.7 Å². The first-order valence-electron chi connectivity index (χ1n) is 5.67. The third kappa shape index (κ3) is 3.03. The van der Waals surface area contributed by atoms with Crippen LogP contribution < -0.4 is 4.31 Å².